The van der Waals surface area contributed by atoms with Crippen molar-refractivity contribution in [1.82, 2.24) is 0 Å². The van der Waals surface area contributed by atoms with Crippen molar-refractivity contribution in [3.63, 3.8) is 0 Å². The number of anilines is 1. The molecule has 0 bridgehead atoms. The van der Waals surface area contributed by atoms with Gasteiger partial charge in [0, 0.05) is 3.57 Å². The minimum Gasteiger partial charge on any atom is -0.269 e. The van der Waals surface area contributed by atoms with Crippen LogP contribution in [0.5, 0.6) is 0 Å². The van der Waals surface area contributed by atoms with E-state index in [9.17, 15) is 8.42 Å². The first-order valence-corrected chi connectivity index (χ1v) is 5.50. The fraction of sp³-hybridized carbons (Fsp3) is 0. The minimum atomic E-state index is -4.15. The van der Waals surface area contributed by atoms with Gasteiger partial charge in [-0.05, 0) is 40.8 Å². The third-order valence-corrected chi connectivity index (χ3v) is 2.24. The molecule has 0 unspecified atom stereocenters. The number of hydrogen-bond donors (Lipinski definition) is 2. The van der Waals surface area contributed by atoms with Gasteiger partial charge in [0.05, 0.1) is 5.69 Å². The third-order valence-electron chi connectivity index (χ3n) is 1.07. The third kappa shape index (κ3) is 3.37. The van der Waals surface area contributed by atoms with E-state index < -0.39 is 10.3 Å². The second-order valence-corrected chi connectivity index (χ2v) is 4.49. The zero-order valence-corrected chi connectivity index (χ0v) is 8.83. The molecule has 1 aromatic rings. The highest BCUT2D eigenvalue weighted by Crippen LogP contribution is 2.12. The van der Waals surface area contributed by atoms with E-state index in [-0.39, 0.29) is 0 Å². The number of nitrogens with one attached hydrogen (secondary N) is 1. The Bertz CT molecular complexity index is 376. The van der Waals surface area contributed by atoms with Crippen molar-refractivity contribution in [2.24, 2.45) is 0 Å². The van der Waals surface area contributed by atoms with Gasteiger partial charge >= 0.3 is 10.3 Å². The molecule has 0 heterocycles. The quantitative estimate of drug-likeness (QED) is 0.642. The Morgan fingerprint density at radius 3 is 2.58 bits per heavy atom. The predicted octanol–water partition coefficient (Wildman–Crippen LogP) is 1.51. The molecule has 4 nitrogen and oxygen atoms in total. The molecule has 1 rings (SSSR count). The molecule has 0 saturated carbocycles. The van der Waals surface area contributed by atoms with E-state index in [1.165, 1.54) is 0 Å². The van der Waals surface area contributed by atoms with Crippen LogP contribution in [0.25, 0.3) is 0 Å². The summed E-state index contributed by atoms with van der Waals surface area (Å²) in [4.78, 5) is 0. The van der Waals surface area contributed by atoms with Crippen LogP contribution in [0.2, 0.25) is 0 Å². The summed E-state index contributed by atoms with van der Waals surface area (Å²) < 4.78 is 32.0. The maximum atomic E-state index is 10.4. The van der Waals surface area contributed by atoms with Gasteiger partial charge in [-0.1, -0.05) is 6.07 Å². The summed E-state index contributed by atoms with van der Waals surface area (Å²) in [6, 6.07) is 6.66. The number of benzene rings is 1. The van der Waals surface area contributed by atoms with Crippen molar-refractivity contribution in [1.29, 1.82) is 0 Å². The Kier molecular flexibility index (Phi) is 2.91. The monoisotopic (exact) mass is 299 g/mol. The van der Waals surface area contributed by atoms with Gasteiger partial charge in [-0.15, -0.1) is 0 Å². The van der Waals surface area contributed by atoms with E-state index in [2.05, 4.69) is 0 Å². The Hall–Kier alpha value is -0.340. The van der Waals surface area contributed by atoms with Crippen molar-refractivity contribution < 1.29 is 13.0 Å². The number of rotatable bonds is 2. The average molecular weight is 299 g/mol. The fourth-order valence-corrected chi connectivity index (χ4v) is 1.67. The van der Waals surface area contributed by atoms with Gasteiger partial charge in [-0.2, -0.15) is 8.42 Å². The molecule has 0 aliphatic heterocycles. The second kappa shape index (κ2) is 3.58. The molecule has 0 spiro atoms. The molecule has 0 fully saturated rings. The van der Waals surface area contributed by atoms with Gasteiger partial charge in [0.25, 0.3) is 0 Å². The first-order chi connectivity index (χ1) is 5.47. The van der Waals surface area contributed by atoms with Crippen LogP contribution in [-0.2, 0) is 10.3 Å². The molecule has 0 radical (unpaired) electrons. The van der Waals surface area contributed by atoms with Gasteiger partial charge in [-0.3, -0.25) is 9.27 Å². The zero-order chi connectivity index (χ0) is 9.19. The van der Waals surface area contributed by atoms with E-state index in [1.807, 2.05) is 33.4 Å². The molecule has 66 valence electrons. The molecule has 2 N–H and O–H groups in total. The summed E-state index contributed by atoms with van der Waals surface area (Å²) >= 11 is 2.04. The summed E-state index contributed by atoms with van der Waals surface area (Å²) in [6.07, 6.45) is 0. The first kappa shape index (κ1) is 9.75. The standard InChI is InChI=1S/C6H6INO3S/c7-5-2-1-3-6(4-5)8-12(9,10)11/h1-4,8H,(H,9,10,11). The Morgan fingerprint density at radius 2 is 2.08 bits per heavy atom. The summed E-state index contributed by atoms with van der Waals surface area (Å²) in [6.45, 7) is 0. The second-order valence-electron chi connectivity index (χ2n) is 2.09. The van der Waals surface area contributed by atoms with Crippen LogP contribution < -0.4 is 4.72 Å². The van der Waals surface area contributed by atoms with Gasteiger partial charge in [0.1, 0.15) is 0 Å². The summed E-state index contributed by atoms with van der Waals surface area (Å²) in [5, 5.41) is 0. The molecule has 0 aromatic heterocycles. The van der Waals surface area contributed by atoms with Crippen LogP contribution in [0.3, 0.4) is 0 Å². The summed E-state index contributed by atoms with van der Waals surface area (Å²) in [5.41, 5.74) is 0.351. The lowest BCUT2D eigenvalue weighted by Gasteiger charge is -2.01. The van der Waals surface area contributed by atoms with Crippen LogP contribution in [0, 0.1) is 3.57 Å². The minimum absolute atomic E-state index is 0.351. The van der Waals surface area contributed by atoms with Crippen molar-refractivity contribution in [2.45, 2.75) is 0 Å². The lowest BCUT2D eigenvalue weighted by Crippen LogP contribution is -2.10. The normalized spacial score (nSPS) is 11.2. The smallest absolute Gasteiger partial charge is 0.269 e. The maximum absolute atomic E-state index is 10.4. The highest BCUT2D eigenvalue weighted by Gasteiger charge is 2.02. The number of halogens is 1. The predicted molar refractivity (Wildman–Crippen MR) is 54.3 cm³/mol. The maximum Gasteiger partial charge on any atom is 0.357 e. The van der Waals surface area contributed by atoms with Crippen molar-refractivity contribution >= 4 is 38.6 Å². The number of hydrogen-bond acceptors (Lipinski definition) is 2. The van der Waals surface area contributed by atoms with Gasteiger partial charge in [0.2, 0.25) is 0 Å². The summed E-state index contributed by atoms with van der Waals surface area (Å²) in [5.74, 6) is 0. The topological polar surface area (TPSA) is 66.4 Å². The molecular formula is C6H6INO3S. The van der Waals surface area contributed by atoms with Crippen molar-refractivity contribution in [3.05, 3.63) is 27.8 Å². The molecule has 0 aliphatic carbocycles. The Morgan fingerprint density at radius 1 is 1.42 bits per heavy atom. The Balaban J connectivity index is 2.91. The van der Waals surface area contributed by atoms with Crippen LogP contribution in [0.1, 0.15) is 0 Å². The van der Waals surface area contributed by atoms with Gasteiger partial charge in [-0.25, -0.2) is 0 Å². The highest BCUT2D eigenvalue weighted by molar-refractivity contribution is 14.1. The Labute approximate surface area is 84.0 Å². The summed E-state index contributed by atoms with van der Waals surface area (Å²) in [7, 11) is -4.15. The molecule has 1 aromatic carbocycles. The molecule has 0 saturated heterocycles. The molecule has 0 aliphatic rings. The molecular weight excluding hydrogens is 293 g/mol. The van der Waals surface area contributed by atoms with Crippen LogP contribution in [-0.4, -0.2) is 13.0 Å². The van der Waals surface area contributed by atoms with E-state index in [0.717, 1.165) is 3.57 Å². The van der Waals surface area contributed by atoms with Crippen LogP contribution >= 0.6 is 22.6 Å². The largest absolute Gasteiger partial charge is 0.357 e. The van der Waals surface area contributed by atoms with E-state index >= 15 is 0 Å². The lowest BCUT2D eigenvalue weighted by molar-refractivity contribution is 0.490. The van der Waals surface area contributed by atoms with Crippen molar-refractivity contribution in [2.75, 3.05) is 4.72 Å². The van der Waals surface area contributed by atoms with Gasteiger partial charge in [0.15, 0.2) is 0 Å². The highest BCUT2D eigenvalue weighted by atomic mass is 127. The van der Waals surface area contributed by atoms with E-state index in [0.29, 0.717) is 5.69 Å². The molecule has 12 heavy (non-hydrogen) atoms. The van der Waals surface area contributed by atoms with Crippen LogP contribution in [0.15, 0.2) is 24.3 Å². The van der Waals surface area contributed by atoms with E-state index in [1.54, 1.807) is 18.2 Å². The fourth-order valence-electron chi connectivity index (χ4n) is 0.701. The molecule has 0 atom stereocenters. The molecule has 6 heteroatoms. The SMILES string of the molecule is O=S(=O)(O)Nc1cccc(I)c1. The first-order valence-electron chi connectivity index (χ1n) is 2.98. The average Bonchev–Trinajstić information content (AvgIpc) is 1.82. The van der Waals surface area contributed by atoms with E-state index in [4.69, 9.17) is 4.55 Å². The van der Waals surface area contributed by atoms with Crippen molar-refractivity contribution in [3.8, 4) is 0 Å². The zero-order valence-electron chi connectivity index (χ0n) is 5.86. The molecule has 0 amide bonds. The van der Waals surface area contributed by atoms with Gasteiger partial charge < -0.3 is 0 Å². The van der Waals surface area contributed by atoms with Crippen LogP contribution in [0.4, 0.5) is 5.69 Å². The lowest BCUT2D eigenvalue weighted by atomic mass is 10.3.